The van der Waals surface area contributed by atoms with E-state index < -0.39 is 0 Å². The average Bonchev–Trinajstić information content (AvgIpc) is 2.50. The second kappa shape index (κ2) is 5.34. The highest BCUT2D eigenvalue weighted by Gasteiger charge is 2.14. The van der Waals surface area contributed by atoms with Crippen LogP contribution in [0.25, 0.3) is 21.9 Å². The Hall–Kier alpha value is -2.72. The van der Waals surface area contributed by atoms with Crippen molar-refractivity contribution < 1.29 is 20.0 Å². The van der Waals surface area contributed by atoms with Crippen LogP contribution < -0.4 is 4.89 Å². The Kier molecular flexibility index (Phi) is 3.38. The third kappa shape index (κ3) is 2.37. The Labute approximate surface area is 121 Å². The first-order valence-corrected chi connectivity index (χ1v) is 6.45. The van der Waals surface area contributed by atoms with Crippen molar-refractivity contribution in [1.29, 1.82) is 0 Å². The Bertz CT molecular complexity index is 796. The van der Waals surface area contributed by atoms with Gasteiger partial charge in [-0.25, -0.2) is 0 Å². The average molecular weight is 282 g/mol. The fourth-order valence-corrected chi connectivity index (χ4v) is 2.41. The zero-order valence-corrected chi connectivity index (χ0v) is 11.4. The molecule has 3 rings (SSSR count). The molecule has 0 saturated heterocycles. The van der Waals surface area contributed by atoms with Gasteiger partial charge in [0.1, 0.15) is 11.5 Å². The number of rotatable bonds is 3. The van der Waals surface area contributed by atoms with Gasteiger partial charge >= 0.3 is 0 Å². The van der Waals surface area contributed by atoms with Crippen LogP contribution in [0.4, 0.5) is 0 Å². The van der Waals surface area contributed by atoms with Crippen LogP contribution >= 0.6 is 0 Å². The van der Waals surface area contributed by atoms with E-state index in [1.165, 1.54) is 13.2 Å². The highest BCUT2D eigenvalue weighted by atomic mass is 17.2. The molecule has 0 fully saturated rings. The van der Waals surface area contributed by atoms with Crippen LogP contribution in [0.5, 0.6) is 17.2 Å². The number of aromatic hydroxyl groups is 2. The van der Waals surface area contributed by atoms with E-state index in [1.54, 1.807) is 18.2 Å². The summed E-state index contributed by atoms with van der Waals surface area (Å²) in [5.74, 6) is 0.598. The molecular weight excluding hydrogens is 268 g/mol. The summed E-state index contributed by atoms with van der Waals surface area (Å²) < 4.78 is 0. The lowest BCUT2D eigenvalue weighted by molar-refractivity contribution is -0.178. The summed E-state index contributed by atoms with van der Waals surface area (Å²) in [5.41, 5.74) is 1.05. The predicted molar refractivity (Wildman–Crippen MR) is 80.4 cm³/mol. The maximum Gasteiger partial charge on any atom is 0.166 e. The van der Waals surface area contributed by atoms with Crippen molar-refractivity contribution in [3.63, 3.8) is 0 Å². The fraction of sp³-hybridized carbons (Fsp3) is 0.0588. The summed E-state index contributed by atoms with van der Waals surface area (Å²) >= 11 is 0. The van der Waals surface area contributed by atoms with Gasteiger partial charge in [-0.3, -0.25) is 0 Å². The summed E-state index contributed by atoms with van der Waals surface area (Å²) in [7, 11) is 1.40. The van der Waals surface area contributed by atoms with Crippen LogP contribution in [0.2, 0.25) is 0 Å². The highest BCUT2D eigenvalue weighted by molar-refractivity contribution is 6.01. The molecule has 0 bridgehead atoms. The number of hydrogen-bond acceptors (Lipinski definition) is 4. The maximum atomic E-state index is 10.2. The molecule has 2 N–H and O–H groups in total. The largest absolute Gasteiger partial charge is 0.507 e. The molecule has 0 amide bonds. The number of hydrogen-bond donors (Lipinski definition) is 2. The Balaban J connectivity index is 2.29. The van der Waals surface area contributed by atoms with Gasteiger partial charge in [0.25, 0.3) is 0 Å². The second-order valence-electron chi connectivity index (χ2n) is 4.61. The van der Waals surface area contributed by atoms with Crippen LogP contribution in [-0.4, -0.2) is 17.3 Å². The SMILES string of the molecule is COOc1ccc(O)c(-c2c(O)ccc3ccccc23)c1. The van der Waals surface area contributed by atoms with Gasteiger partial charge in [-0.1, -0.05) is 30.3 Å². The summed E-state index contributed by atoms with van der Waals surface area (Å²) in [6.45, 7) is 0. The van der Waals surface area contributed by atoms with E-state index in [0.717, 1.165) is 10.8 Å². The summed E-state index contributed by atoms with van der Waals surface area (Å²) in [5, 5.41) is 22.2. The molecule has 4 nitrogen and oxygen atoms in total. The van der Waals surface area contributed by atoms with Crippen molar-refractivity contribution in [3.8, 4) is 28.4 Å². The molecule has 0 spiro atoms. The Morgan fingerprint density at radius 3 is 2.43 bits per heavy atom. The van der Waals surface area contributed by atoms with E-state index >= 15 is 0 Å². The maximum absolute atomic E-state index is 10.2. The van der Waals surface area contributed by atoms with Crippen LogP contribution in [-0.2, 0) is 4.89 Å². The first kappa shape index (κ1) is 13.3. The lowest BCUT2D eigenvalue weighted by Crippen LogP contribution is -1.91. The summed E-state index contributed by atoms with van der Waals surface area (Å²) in [6, 6.07) is 15.8. The zero-order valence-electron chi connectivity index (χ0n) is 11.4. The van der Waals surface area contributed by atoms with Gasteiger partial charge in [-0.05, 0) is 35.0 Å². The number of phenolic OH excluding ortho intramolecular Hbond substituents is 2. The van der Waals surface area contributed by atoms with Crippen molar-refractivity contribution in [3.05, 3.63) is 54.6 Å². The van der Waals surface area contributed by atoms with Crippen molar-refractivity contribution in [2.45, 2.75) is 0 Å². The van der Waals surface area contributed by atoms with E-state index in [0.29, 0.717) is 16.9 Å². The molecule has 3 aromatic rings. The molecule has 0 aliphatic heterocycles. The van der Waals surface area contributed by atoms with E-state index in [9.17, 15) is 10.2 Å². The van der Waals surface area contributed by atoms with Crippen molar-refractivity contribution in [2.75, 3.05) is 7.11 Å². The Morgan fingerprint density at radius 1 is 0.857 bits per heavy atom. The molecule has 0 aliphatic rings. The van der Waals surface area contributed by atoms with Gasteiger partial charge < -0.3 is 15.1 Å². The molecule has 0 aromatic heterocycles. The molecule has 21 heavy (non-hydrogen) atoms. The van der Waals surface area contributed by atoms with Gasteiger partial charge in [0.2, 0.25) is 0 Å². The topological polar surface area (TPSA) is 58.9 Å². The minimum atomic E-state index is 0.0603. The first-order valence-electron chi connectivity index (χ1n) is 6.45. The van der Waals surface area contributed by atoms with E-state index in [-0.39, 0.29) is 11.5 Å². The highest BCUT2D eigenvalue weighted by Crippen LogP contribution is 2.41. The number of phenols is 2. The monoisotopic (exact) mass is 282 g/mol. The lowest BCUT2D eigenvalue weighted by atomic mass is 9.96. The van der Waals surface area contributed by atoms with Gasteiger partial charge in [0.05, 0.1) is 7.11 Å². The zero-order chi connectivity index (χ0) is 14.8. The first-order chi connectivity index (χ1) is 10.2. The summed E-state index contributed by atoms with van der Waals surface area (Å²) in [6.07, 6.45) is 0. The third-order valence-electron chi connectivity index (χ3n) is 3.32. The van der Waals surface area contributed by atoms with Crippen molar-refractivity contribution in [2.24, 2.45) is 0 Å². The fourth-order valence-electron chi connectivity index (χ4n) is 2.41. The lowest BCUT2D eigenvalue weighted by Gasteiger charge is -2.12. The van der Waals surface area contributed by atoms with Crippen LogP contribution in [0, 0.1) is 0 Å². The molecule has 106 valence electrons. The van der Waals surface area contributed by atoms with Gasteiger partial charge in [-0.15, -0.1) is 0 Å². The molecule has 3 aromatic carbocycles. The minimum Gasteiger partial charge on any atom is -0.507 e. The normalized spacial score (nSPS) is 10.7. The second-order valence-corrected chi connectivity index (χ2v) is 4.61. The van der Waals surface area contributed by atoms with E-state index in [2.05, 4.69) is 4.89 Å². The molecule has 0 heterocycles. The van der Waals surface area contributed by atoms with Crippen molar-refractivity contribution >= 4 is 10.8 Å². The number of benzene rings is 3. The minimum absolute atomic E-state index is 0.0603. The van der Waals surface area contributed by atoms with Crippen LogP contribution in [0.3, 0.4) is 0 Å². The van der Waals surface area contributed by atoms with Gasteiger partial charge in [0, 0.05) is 11.1 Å². The van der Waals surface area contributed by atoms with Gasteiger partial charge in [-0.2, -0.15) is 4.89 Å². The molecule has 0 saturated carbocycles. The molecule has 0 aliphatic carbocycles. The molecule has 0 atom stereocenters. The van der Waals surface area contributed by atoms with Crippen molar-refractivity contribution in [1.82, 2.24) is 0 Å². The predicted octanol–water partition coefficient (Wildman–Crippen LogP) is 3.86. The molecule has 0 unspecified atom stereocenters. The van der Waals surface area contributed by atoms with Crippen LogP contribution in [0.1, 0.15) is 0 Å². The summed E-state index contributed by atoms with van der Waals surface area (Å²) in [4.78, 5) is 9.61. The van der Waals surface area contributed by atoms with E-state index in [4.69, 9.17) is 4.89 Å². The number of fused-ring (bicyclic) bond motifs is 1. The Morgan fingerprint density at radius 2 is 1.62 bits per heavy atom. The molecule has 4 heteroatoms. The third-order valence-corrected chi connectivity index (χ3v) is 3.32. The van der Waals surface area contributed by atoms with Crippen LogP contribution in [0.15, 0.2) is 54.6 Å². The van der Waals surface area contributed by atoms with E-state index in [1.807, 2.05) is 30.3 Å². The quantitative estimate of drug-likeness (QED) is 0.565. The smallest absolute Gasteiger partial charge is 0.166 e. The standard InChI is InChI=1S/C17H14O4/c1-20-21-12-7-9-15(18)14(10-12)17-13-5-3-2-4-11(13)6-8-16(17)19/h2-10,18-19H,1H3. The molecule has 0 radical (unpaired) electrons. The molecular formula is C17H14O4. The van der Waals surface area contributed by atoms with Gasteiger partial charge in [0.15, 0.2) is 5.75 Å².